The third-order valence-electron chi connectivity index (χ3n) is 6.72. The smallest absolute Gasteiger partial charge is 0.326 e. The van der Waals surface area contributed by atoms with Crippen molar-refractivity contribution in [3.8, 4) is 5.75 Å². The molecule has 242 valence electrons. The minimum absolute atomic E-state index is 0.0428. The average Bonchev–Trinajstić information content (AvgIpc) is 2.98. The van der Waals surface area contributed by atoms with E-state index in [2.05, 4.69) is 27.0 Å². The van der Waals surface area contributed by atoms with Crippen LogP contribution in [0.15, 0.2) is 24.3 Å². The molecule has 5 atom stereocenters. The van der Waals surface area contributed by atoms with Gasteiger partial charge < -0.3 is 48.1 Å². The van der Waals surface area contributed by atoms with Crippen LogP contribution in [0.4, 0.5) is 0 Å². The molecule has 0 aromatic heterocycles. The van der Waals surface area contributed by atoms with Crippen LogP contribution in [-0.2, 0) is 30.4 Å². The largest absolute Gasteiger partial charge is 0.508 e. The summed E-state index contributed by atoms with van der Waals surface area (Å²) >= 11 is 0. The Bertz CT molecular complexity index is 1040. The summed E-state index contributed by atoms with van der Waals surface area (Å²) in [6, 6.07) is 2.49. The van der Waals surface area contributed by atoms with Gasteiger partial charge >= 0.3 is 5.97 Å². The van der Waals surface area contributed by atoms with E-state index in [1.54, 1.807) is 26.1 Å². The van der Waals surface area contributed by atoms with Crippen LogP contribution in [-0.4, -0.2) is 96.0 Å². The van der Waals surface area contributed by atoms with E-state index in [9.17, 15) is 39.3 Å². The lowest BCUT2D eigenvalue weighted by Gasteiger charge is -2.27. The Morgan fingerprint density at radius 1 is 1.00 bits per heavy atom. The number of rotatable bonds is 19. The normalized spacial score (nSPS) is 14.0. The number of phenolic OH excluding ortho intramolecular Hbond substituents is 1. The number of aliphatic carboxylic acids is 1. The highest BCUT2D eigenvalue weighted by molar-refractivity contribution is 5.95. The molecular formula is C28H47N7O8. The molecule has 3 amide bonds. The second-order valence-corrected chi connectivity index (χ2v) is 9.91. The van der Waals surface area contributed by atoms with E-state index in [1.165, 1.54) is 12.1 Å². The Morgan fingerprint density at radius 3 is 2.07 bits per heavy atom. The fourth-order valence-corrected chi connectivity index (χ4v) is 4.05. The first kappa shape index (κ1) is 38.9. The number of hydrogen-bond donors (Lipinski definition) is 10. The van der Waals surface area contributed by atoms with E-state index < -0.39 is 60.1 Å². The predicted octanol–water partition coefficient (Wildman–Crippen LogP) is -1.40. The van der Waals surface area contributed by atoms with Gasteiger partial charge in [-0.3, -0.25) is 24.6 Å². The molecule has 0 heterocycles. The zero-order valence-corrected chi connectivity index (χ0v) is 25.0. The van der Waals surface area contributed by atoms with Gasteiger partial charge in [-0.2, -0.15) is 0 Å². The first-order valence-corrected chi connectivity index (χ1v) is 14.0. The molecule has 0 spiro atoms. The number of hydrogen-bond acceptors (Lipinski definition) is 10. The molecular weight excluding hydrogens is 562 g/mol. The molecule has 15 nitrogen and oxygen atoms in total. The van der Waals surface area contributed by atoms with Gasteiger partial charge in [0.2, 0.25) is 17.7 Å². The van der Waals surface area contributed by atoms with Crippen molar-refractivity contribution in [1.29, 1.82) is 5.41 Å². The Morgan fingerprint density at radius 2 is 1.58 bits per heavy atom. The fraction of sp³-hybridized carbons (Fsp3) is 0.571. The van der Waals surface area contributed by atoms with Gasteiger partial charge in [0.15, 0.2) is 5.78 Å². The Balaban J connectivity index is 0.00000562. The molecule has 0 saturated carbocycles. The summed E-state index contributed by atoms with van der Waals surface area (Å²) in [7, 11) is 1.71. The number of carbonyl (C=O) groups excluding carboxylic acids is 4. The minimum atomic E-state index is -1.43. The molecule has 0 saturated heterocycles. The Labute approximate surface area is 251 Å². The topological polar surface area (TPSA) is 270 Å². The maximum Gasteiger partial charge on any atom is 0.326 e. The number of carboxylic acid groups (broad SMARTS) is 1. The van der Waals surface area contributed by atoms with E-state index in [4.69, 9.17) is 11.1 Å². The number of aromatic hydroxyl groups is 1. The molecule has 1 aromatic rings. The lowest BCUT2D eigenvalue weighted by molar-refractivity contribution is -0.143. The molecule has 0 bridgehead atoms. The van der Waals surface area contributed by atoms with Crippen molar-refractivity contribution < 1.29 is 39.3 Å². The Hall–Kier alpha value is -4.08. The molecule has 12 N–H and O–H groups in total. The van der Waals surface area contributed by atoms with Gasteiger partial charge in [0.25, 0.3) is 0 Å². The first-order valence-electron chi connectivity index (χ1n) is 14.0. The summed E-state index contributed by atoms with van der Waals surface area (Å²) in [6.07, 6.45) is 1.73. The second kappa shape index (κ2) is 21.6. The van der Waals surface area contributed by atoms with Crippen molar-refractivity contribution in [2.75, 3.05) is 26.7 Å². The third-order valence-corrected chi connectivity index (χ3v) is 6.72. The van der Waals surface area contributed by atoms with Crippen molar-refractivity contribution in [2.24, 2.45) is 23.3 Å². The third kappa shape index (κ3) is 15.1. The summed E-state index contributed by atoms with van der Waals surface area (Å²) in [4.78, 5) is 62.9. The number of carboxylic acids is 1. The summed E-state index contributed by atoms with van der Waals surface area (Å²) in [5.41, 5.74) is 10.5. The maximum absolute atomic E-state index is 13.4. The predicted molar refractivity (Wildman–Crippen MR) is 160 cm³/mol. The number of nitrogens with two attached hydrogens (primary N) is 2. The molecule has 5 unspecified atom stereocenters. The van der Waals surface area contributed by atoms with E-state index in [-0.39, 0.29) is 37.5 Å². The molecule has 43 heavy (non-hydrogen) atoms. The van der Waals surface area contributed by atoms with Gasteiger partial charge in [-0.15, -0.1) is 0 Å². The number of benzene rings is 1. The van der Waals surface area contributed by atoms with E-state index in [0.29, 0.717) is 24.9 Å². The molecule has 0 aliphatic heterocycles. The number of ketones is 1. The highest BCUT2D eigenvalue weighted by Gasteiger charge is 2.33. The second-order valence-electron chi connectivity index (χ2n) is 9.91. The Kier molecular flexibility index (Phi) is 19.5. The minimum Gasteiger partial charge on any atom is -0.508 e. The standard InChI is InChI=1S/C27H43N5O8.CH4N2/c1-4-16(2)19(13-23(35)21(30-24(36)14-28)12-17-7-9-18(34)10-8-17)25(37)32-22(15-33)26(38)31-20(27(39)40)6-5-11-29-3;2-1-3/h7-10,16,19-22,29,33-34H,4-6,11-15,28H2,1-3H3,(H,30,36)(H,31,38)(H,32,37)(H,39,40);1H,(H3,2,3). The molecule has 0 aliphatic rings. The van der Waals surface area contributed by atoms with Gasteiger partial charge in [-0.25, -0.2) is 4.79 Å². The summed E-state index contributed by atoms with van der Waals surface area (Å²) in [5.74, 6) is -4.91. The molecule has 0 fully saturated rings. The van der Waals surface area contributed by atoms with Gasteiger partial charge in [-0.05, 0) is 56.5 Å². The van der Waals surface area contributed by atoms with Crippen molar-refractivity contribution in [3.63, 3.8) is 0 Å². The van der Waals surface area contributed by atoms with Gasteiger partial charge in [0, 0.05) is 12.3 Å². The van der Waals surface area contributed by atoms with Crippen molar-refractivity contribution in [1.82, 2.24) is 21.3 Å². The molecule has 1 rings (SSSR count). The van der Waals surface area contributed by atoms with E-state index >= 15 is 0 Å². The van der Waals surface area contributed by atoms with Crippen LogP contribution in [0, 0.1) is 17.2 Å². The van der Waals surface area contributed by atoms with Crippen molar-refractivity contribution in [2.45, 2.75) is 64.1 Å². The van der Waals surface area contributed by atoms with Crippen LogP contribution in [0.1, 0.15) is 45.1 Å². The zero-order valence-electron chi connectivity index (χ0n) is 25.0. The first-order chi connectivity index (χ1) is 20.4. The maximum atomic E-state index is 13.4. The molecule has 1 aromatic carbocycles. The summed E-state index contributed by atoms with van der Waals surface area (Å²) in [6.45, 7) is 3.02. The fourth-order valence-electron chi connectivity index (χ4n) is 4.05. The summed E-state index contributed by atoms with van der Waals surface area (Å²) in [5, 5.41) is 44.9. The number of Topliss-reactive ketones (excluding diaryl/α,β-unsaturated/α-hetero) is 1. The van der Waals surface area contributed by atoms with Gasteiger partial charge in [-0.1, -0.05) is 32.4 Å². The molecule has 0 radical (unpaired) electrons. The SMILES string of the molecule is CCC(C)C(CC(=O)C(Cc1ccc(O)cc1)NC(=O)CN)C(=O)NC(CO)C(=O)NC(CCCNC)C(=O)O.N=CN. The van der Waals surface area contributed by atoms with Crippen LogP contribution in [0.2, 0.25) is 0 Å². The number of nitrogens with one attached hydrogen (secondary N) is 5. The van der Waals surface area contributed by atoms with Crippen molar-refractivity contribution in [3.05, 3.63) is 29.8 Å². The van der Waals surface area contributed by atoms with Crippen LogP contribution in [0.5, 0.6) is 5.75 Å². The van der Waals surface area contributed by atoms with Crippen LogP contribution >= 0.6 is 0 Å². The number of aliphatic hydroxyl groups is 1. The highest BCUT2D eigenvalue weighted by Crippen LogP contribution is 2.22. The van der Waals surface area contributed by atoms with Crippen molar-refractivity contribution >= 4 is 35.8 Å². The van der Waals surface area contributed by atoms with Gasteiger partial charge in [0.05, 0.1) is 25.5 Å². The van der Waals surface area contributed by atoms with E-state index in [1.807, 2.05) is 6.92 Å². The lowest BCUT2D eigenvalue weighted by atomic mass is 9.84. The van der Waals surface area contributed by atoms with Crippen LogP contribution in [0.25, 0.3) is 0 Å². The number of carbonyl (C=O) groups is 5. The van der Waals surface area contributed by atoms with Crippen LogP contribution in [0.3, 0.4) is 0 Å². The summed E-state index contributed by atoms with van der Waals surface area (Å²) < 4.78 is 0. The average molecular weight is 610 g/mol. The monoisotopic (exact) mass is 609 g/mol. The van der Waals surface area contributed by atoms with Crippen LogP contribution < -0.4 is 32.7 Å². The zero-order chi connectivity index (χ0) is 32.9. The highest BCUT2D eigenvalue weighted by atomic mass is 16.4. The lowest BCUT2D eigenvalue weighted by Crippen LogP contribution is -2.55. The number of aliphatic hydroxyl groups excluding tert-OH is 1. The number of amides is 3. The molecule has 0 aliphatic carbocycles. The quantitative estimate of drug-likeness (QED) is 0.0495. The number of phenols is 1. The van der Waals surface area contributed by atoms with Gasteiger partial charge in [0.1, 0.15) is 17.8 Å². The van der Waals surface area contributed by atoms with E-state index in [0.717, 1.165) is 6.34 Å². The molecule has 15 heteroatoms.